The molecule has 2 fully saturated rings. The zero-order chi connectivity index (χ0) is 28.5. The maximum atomic E-state index is 13.4. The third-order valence-corrected chi connectivity index (χ3v) is 8.38. The minimum Gasteiger partial charge on any atom is -0.357 e. The predicted octanol–water partition coefficient (Wildman–Crippen LogP) is 4.78. The van der Waals surface area contributed by atoms with Crippen LogP contribution in [0.1, 0.15) is 89.5 Å². The van der Waals surface area contributed by atoms with E-state index in [4.69, 9.17) is 0 Å². The smallest absolute Gasteiger partial charge is 0.284 e. The Bertz CT molecular complexity index is 1250. The number of likely N-dealkylation sites (tertiary alicyclic amines) is 1. The van der Waals surface area contributed by atoms with Gasteiger partial charge in [-0.15, -0.1) is 11.3 Å². The first-order valence-corrected chi connectivity index (χ1v) is 15.0. The van der Waals surface area contributed by atoms with E-state index in [2.05, 4.69) is 43.9 Å². The van der Waals surface area contributed by atoms with Crippen LogP contribution in [0.5, 0.6) is 0 Å². The number of hydrogen-bond donors (Lipinski definition) is 2. The topological polar surface area (TPSA) is 108 Å². The molecule has 10 heteroatoms. The fraction of sp³-hybridized carbons (Fsp3) is 0.500. The van der Waals surface area contributed by atoms with Gasteiger partial charge in [-0.25, -0.2) is 15.4 Å². The number of hydrogen-bond acceptors (Lipinski definition) is 8. The van der Waals surface area contributed by atoms with Crippen molar-refractivity contribution in [2.45, 2.75) is 64.8 Å². The number of aromatic nitrogens is 2. The van der Waals surface area contributed by atoms with E-state index in [9.17, 15) is 14.4 Å². The number of carbonyl (C=O) groups excluding carboxylic acids is 3. The predicted molar refractivity (Wildman–Crippen MR) is 158 cm³/mol. The van der Waals surface area contributed by atoms with Gasteiger partial charge in [0.1, 0.15) is 22.8 Å². The van der Waals surface area contributed by atoms with Crippen molar-refractivity contribution in [1.29, 1.82) is 0 Å². The lowest BCUT2D eigenvalue weighted by molar-refractivity contribution is -0.110. The minimum absolute atomic E-state index is 0.000753. The summed E-state index contributed by atoms with van der Waals surface area (Å²) in [5.74, 6) is 0.459. The van der Waals surface area contributed by atoms with Crippen molar-refractivity contribution in [3.63, 3.8) is 0 Å². The summed E-state index contributed by atoms with van der Waals surface area (Å²) in [7, 11) is 1.62. The molecule has 2 atom stereocenters. The van der Waals surface area contributed by atoms with Gasteiger partial charge in [0.25, 0.3) is 11.8 Å². The molecule has 2 aromatic heterocycles. The molecule has 0 radical (unpaired) electrons. The maximum Gasteiger partial charge on any atom is 0.284 e. The summed E-state index contributed by atoms with van der Waals surface area (Å²) in [6, 6.07) is 3.42. The molecule has 5 rings (SSSR count). The van der Waals surface area contributed by atoms with E-state index < -0.39 is 0 Å². The number of aldehydes is 1. The van der Waals surface area contributed by atoms with E-state index in [1.165, 1.54) is 5.57 Å². The molecule has 2 saturated heterocycles. The SMILES string of the molecule is CC(C=O)CC1=CC=CCC1.CNNC(=O)c1cc(C(=O)N2CCC[C@@H]2c2nc(C)cs2)cc(N2CCCC2)n1. The Morgan fingerprint density at radius 2 is 1.98 bits per heavy atom. The lowest BCUT2D eigenvalue weighted by Crippen LogP contribution is -2.36. The van der Waals surface area contributed by atoms with E-state index in [1.54, 1.807) is 24.5 Å². The van der Waals surface area contributed by atoms with Crippen LogP contribution < -0.4 is 15.8 Å². The first-order chi connectivity index (χ1) is 19.4. The van der Waals surface area contributed by atoms with Crippen LogP contribution in [0.15, 0.2) is 41.3 Å². The first-order valence-electron chi connectivity index (χ1n) is 14.2. The number of amides is 2. The number of hydrazine groups is 1. The molecular weight excluding hydrogens is 524 g/mol. The summed E-state index contributed by atoms with van der Waals surface area (Å²) in [5.41, 5.74) is 8.32. The van der Waals surface area contributed by atoms with Crippen LogP contribution in [0.3, 0.4) is 0 Å². The highest BCUT2D eigenvalue weighted by atomic mass is 32.1. The van der Waals surface area contributed by atoms with E-state index >= 15 is 0 Å². The lowest BCUT2D eigenvalue weighted by Gasteiger charge is -2.24. The van der Waals surface area contributed by atoms with Crippen LogP contribution >= 0.6 is 11.3 Å². The quantitative estimate of drug-likeness (QED) is 0.351. The number of rotatable bonds is 8. The number of thiazole rings is 1. The van der Waals surface area contributed by atoms with Crippen molar-refractivity contribution in [2.75, 3.05) is 31.6 Å². The van der Waals surface area contributed by atoms with Gasteiger partial charge in [-0.1, -0.05) is 30.7 Å². The van der Waals surface area contributed by atoms with Crippen LogP contribution in [0.25, 0.3) is 0 Å². The average Bonchev–Trinajstić information content (AvgIpc) is 3.76. The third kappa shape index (κ3) is 7.63. The molecule has 2 N–H and O–H groups in total. The highest BCUT2D eigenvalue weighted by Crippen LogP contribution is 2.35. The average molecular weight is 565 g/mol. The second-order valence-corrected chi connectivity index (χ2v) is 11.5. The summed E-state index contributed by atoms with van der Waals surface area (Å²) < 4.78 is 0. The summed E-state index contributed by atoms with van der Waals surface area (Å²) in [6.07, 6.45) is 14.7. The molecule has 1 unspecified atom stereocenters. The number of aryl methyl sites for hydroxylation is 1. The van der Waals surface area contributed by atoms with Gasteiger partial charge in [0, 0.05) is 49.2 Å². The van der Waals surface area contributed by atoms with Crippen LogP contribution in [0, 0.1) is 12.8 Å². The van der Waals surface area contributed by atoms with E-state index in [0.29, 0.717) is 17.9 Å². The van der Waals surface area contributed by atoms with Crippen LogP contribution in [0.4, 0.5) is 5.82 Å². The summed E-state index contributed by atoms with van der Waals surface area (Å²) in [4.78, 5) is 49.3. The van der Waals surface area contributed by atoms with Crippen molar-refractivity contribution in [2.24, 2.45) is 5.92 Å². The first kappa shape index (κ1) is 29.6. The Morgan fingerprint density at radius 3 is 2.62 bits per heavy atom. The number of nitrogens with zero attached hydrogens (tertiary/aromatic N) is 4. The zero-order valence-corrected chi connectivity index (χ0v) is 24.5. The molecule has 0 bridgehead atoms. The minimum atomic E-state index is -0.351. The summed E-state index contributed by atoms with van der Waals surface area (Å²) in [6.45, 7) is 6.41. The normalized spacial score (nSPS) is 19.1. The monoisotopic (exact) mass is 564 g/mol. The van der Waals surface area contributed by atoms with Gasteiger partial charge in [-0.05, 0) is 64.0 Å². The molecule has 3 aliphatic rings. The van der Waals surface area contributed by atoms with Gasteiger partial charge in [0.15, 0.2) is 0 Å². The lowest BCUT2D eigenvalue weighted by atomic mass is 9.96. The molecule has 40 heavy (non-hydrogen) atoms. The number of carbonyl (C=O) groups is 3. The maximum absolute atomic E-state index is 13.4. The van der Waals surface area contributed by atoms with Gasteiger partial charge >= 0.3 is 0 Å². The molecule has 214 valence electrons. The van der Waals surface area contributed by atoms with Crippen molar-refractivity contribution in [3.8, 4) is 0 Å². The molecule has 1 aliphatic carbocycles. The van der Waals surface area contributed by atoms with Gasteiger partial charge in [0.2, 0.25) is 0 Å². The number of anilines is 1. The van der Waals surface area contributed by atoms with Crippen molar-refractivity contribution < 1.29 is 14.4 Å². The molecule has 9 nitrogen and oxygen atoms in total. The van der Waals surface area contributed by atoms with Crippen molar-refractivity contribution >= 4 is 35.3 Å². The van der Waals surface area contributed by atoms with E-state index in [0.717, 1.165) is 75.0 Å². The molecule has 0 saturated carbocycles. The van der Waals surface area contributed by atoms with Gasteiger partial charge in [-0.2, -0.15) is 0 Å². The van der Waals surface area contributed by atoms with E-state index in [-0.39, 0.29) is 29.5 Å². The molecule has 4 heterocycles. The Morgan fingerprint density at radius 1 is 1.18 bits per heavy atom. The highest BCUT2D eigenvalue weighted by molar-refractivity contribution is 7.09. The molecule has 0 aromatic carbocycles. The fourth-order valence-corrected chi connectivity index (χ4v) is 6.23. The van der Waals surface area contributed by atoms with Crippen LogP contribution in [-0.2, 0) is 4.79 Å². The Hall–Kier alpha value is -3.37. The molecule has 2 aliphatic heterocycles. The highest BCUT2D eigenvalue weighted by Gasteiger charge is 2.33. The zero-order valence-electron chi connectivity index (χ0n) is 23.7. The third-order valence-electron chi connectivity index (χ3n) is 7.31. The Kier molecular flexibility index (Phi) is 10.6. The second kappa shape index (κ2) is 14.3. The standard InChI is InChI=1S/C20H26N6O2S.C10H14O/c1-13-12-29-19(22-13)16-6-5-9-26(16)20(28)14-10-15(18(27)24-21-2)23-17(11-14)25-7-3-4-8-25;1-9(8-11)7-10-5-3-2-4-6-10/h10-12,16,21H,3-9H2,1-2H3,(H,24,27);2-3,5,8-9H,4,6-7H2,1H3/t16-;/m1./s1. The number of pyridine rings is 1. The Labute approximate surface area is 240 Å². The fourth-order valence-electron chi connectivity index (χ4n) is 5.28. The van der Waals surface area contributed by atoms with E-state index in [1.807, 2.05) is 30.2 Å². The molecule has 2 aromatic rings. The second-order valence-electron chi connectivity index (χ2n) is 10.6. The number of nitrogens with one attached hydrogen (secondary N) is 2. The summed E-state index contributed by atoms with van der Waals surface area (Å²) >= 11 is 1.60. The van der Waals surface area contributed by atoms with Crippen LogP contribution in [-0.4, -0.2) is 59.7 Å². The molecular formula is C30H40N6O3S. The van der Waals surface area contributed by atoms with Crippen molar-refractivity contribution in [3.05, 3.63) is 63.3 Å². The van der Waals surface area contributed by atoms with Crippen LogP contribution in [0.2, 0.25) is 0 Å². The largest absolute Gasteiger partial charge is 0.357 e. The van der Waals surface area contributed by atoms with Gasteiger partial charge in [0.05, 0.1) is 6.04 Å². The summed E-state index contributed by atoms with van der Waals surface area (Å²) in [5, 5.41) is 3.00. The van der Waals surface area contributed by atoms with Gasteiger partial charge in [-0.3, -0.25) is 15.0 Å². The molecule has 2 amide bonds. The molecule has 0 spiro atoms. The van der Waals surface area contributed by atoms with Crippen molar-refractivity contribution in [1.82, 2.24) is 25.7 Å². The Balaban J connectivity index is 0.000000283. The van der Waals surface area contributed by atoms with Gasteiger partial charge < -0.3 is 14.6 Å². The number of allylic oxidation sites excluding steroid dienone is 4.